The average Bonchev–Trinajstić information content (AvgIpc) is 1.85. The Balaban J connectivity index is 4.85. The maximum Gasteiger partial charge on any atom is 0.427 e. The first-order chi connectivity index (χ1) is 5.06. The van der Waals surface area contributed by atoms with Gasteiger partial charge >= 0.3 is 6.18 Å². The van der Waals surface area contributed by atoms with Crippen LogP contribution in [0.25, 0.3) is 0 Å². The zero-order valence-corrected chi connectivity index (χ0v) is 7.36. The van der Waals surface area contributed by atoms with Gasteiger partial charge in [-0.25, -0.2) is 8.78 Å². The third kappa shape index (κ3) is 1.93. The Labute approximate surface area is 75.6 Å². The summed E-state index contributed by atoms with van der Waals surface area (Å²) in [6.07, 6.45) is -6.41. The molecule has 0 amide bonds. The van der Waals surface area contributed by atoms with Gasteiger partial charge < -0.3 is 0 Å². The monoisotopic (exact) mass is 230 g/mol. The van der Waals surface area contributed by atoms with E-state index in [2.05, 4.69) is 23.2 Å². The van der Waals surface area contributed by atoms with Crippen molar-refractivity contribution >= 4 is 23.2 Å². The highest BCUT2D eigenvalue weighted by atomic mass is 35.5. The molecule has 74 valence electrons. The summed E-state index contributed by atoms with van der Waals surface area (Å²) >= 11 is 8.99. The van der Waals surface area contributed by atoms with Crippen LogP contribution < -0.4 is 0 Å². The SMILES string of the molecule is CCC(F)(F)C(Cl)(Cl)C(F)(F)F. The molecule has 0 aliphatic heterocycles. The zero-order valence-electron chi connectivity index (χ0n) is 5.85. The summed E-state index contributed by atoms with van der Waals surface area (Å²) in [5, 5.41) is 0. The fraction of sp³-hybridized carbons (Fsp3) is 1.00. The average molecular weight is 231 g/mol. The molecule has 0 rings (SSSR count). The first-order valence-electron chi connectivity index (χ1n) is 2.88. The number of halogens is 7. The van der Waals surface area contributed by atoms with Gasteiger partial charge in [0.1, 0.15) is 0 Å². The highest BCUT2D eigenvalue weighted by Gasteiger charge is 2.67. The van der Waals surface area contributed by atoms with Crippen molar-refractivity contribution < 1.29 is 22.0 Å². The lowest BCUT2D eigenvalue weighted by Crippen LogP contribution is -2.49. The van der Waals surface area contributed by atoms with Crippen LogP contribution in [0.15, 0.2) is 0 Å². The molecule has 12 heavy (non-hydrogen) atoms. The van der Waals surface area contributed by atoms with Gasteiger partial charge in [-0.1, -0.05) is 30.1 Å². The van der Waals surface area contributed by atoms with Crippen LogP contribution in [-0.4, -0.2) is 16.4 Å². The van der Waals surface area contributed by atoms with Crippen LogP contribution in [0.3, 0.4) is 0 Å². The zero-order chi connectivity index (χ0) is 10.2. The molecule has 0 nitrogen and oxygen atoms in total. The van der Waals surface area contributed by atoms with Gasteiger partial charge in [-0.2, -0.15) is 13.2 Å². The molecule has 7 heteroatoms. The minimum absolute atomic E-state index is 0.866. The van der Waals surface area contributed by atoms with Gasteiger partial charge in [0, 0.05) is 6.42 Å². The molecular formula is C5H5Cl2F5. The Morgan fingerprint density at radius 1 is 1.00 bits per heavy atom. The summed E-state index contributed by atoms with van der Waals surface area (Å²) in [5.74, 6) is -4.17. The lowest BCUT2D eigenvalue weighted by Gasteiger charge is -2.30. The van der Waals surface area contributed by atoms with Crippen LogP contribution in [0.4, 0.5) is 22.0 Å². The van der Waals surface area contributed by atoms with E-state index in [9.17, 15) is 22.0 Å². The maximum absolute atomic E-state index is 12.4. The fourth-order valence-corrected chi connectivity index (χ4v) is 0.697. The summed E-state index contributed by atoms with van der Waals surface area (Å²) in [6.45, 7) is 0.866. The minimum Gasteiger partial charge on any atom is -0.203 e. The van der Waals surface area contributed by atoms with E-state index in [-0.39, 0.29) is 0 Å². The lowest BCUT2D eigenvalue weighted by atomic mass is 10.1. The van der Waals surface area contributed by atoms with Gasteiger partial charge in [-0.3, -0.25) is 0 Å². The summed E-state index contributed by atoms with van der Waals surface area (Å²) < 4.78 is 56.2. The van der Waals surface area contributed by atoms with Gasteiger partial charge in [-0.05, 0) is 0 Å². The molecule has 0 unspecified atom stereocenters. The largest absolute Gasteiger partial charge is 0.427 e. The summed E-state index contributed by atoms with van der Waals surface area (Å²) in [7, 11) is 0. The first kappa shape index (κ1) is 12.2. The smallest absolute Gasteiger partial charge is 0.203 e. The molecule has 0 atom stereocenters. The van der Waals surface area contributed by atoms with E-state index in [0.717, 1.165) is 6.92 Å². The molecule has 0 saturated heterocycles. The molecule has 0 aromatic carbocycles. The second-order valence-corrected chi connectivity index (χ2v) is 3.46. The van der Waals surface area contributed by atoms with Crippen LogP contribution >= 0.6 is 23.2 Å². The molecule has 0 aliphatic rings. The van der Waals surface area contributed by atoms with Crippen LogP contribution in [0.5, 0.6) is 0 Å². The summed E-state index contributed by atoms with van der Waals surface area (Å²) in [5.41, 5.74) is 0. The van der Waals surface area contributed by atoms with Gasteiger partial charge in [0.2, 0.25) is 0 Å². The molecule has 0 aliphatic carbocycles. The van der Waals surface area contributed by atoms with Crippen LogP contribution in [0, 0.1) is 0 Å². The molecule has 0 saturated carbocycles. The number of alkyl halides is 7. The molecule has 0 N–H and O–H groups in total. The van der Waals surface area contributed by atoms with Crippen molar-refractivity contribution in [1.82, 2.24) is 0 Å². The second-order valence-electron chi connectivity index (χ2n) is 2.13. The molecule has 0 aromatic heterocycles. The van der Waals surface area contributed by atoms with Gasteiger partial charge in [-0.15, -0.1) is 0 Å². The van der Waals surface area contributed by atoms with Crippen molar-refractivity contribution in [3.8, 4) is 0 Å². The second kappa shape index (κ2) is 3.18. The molecule has 0 radical (unpaired) electrons. The van der Waals surface area contributed by atoms with Crippen molar-refractivity contribution in [2.24, 2.45) is 0 Å². The van der Waals surface area contributed by atoms with Crippen molar-refractivity contribution in [3.63, 3.8) is 0 Å². The predicted molar refractivity (Wildman–Crippen MR) is 35.7 cm³/mol. The predicted octanol–water partition coefficient (Wildman–Crippen LogP) is 3.77. The summed E-state index contributed by atoms with van der Waals surface area (Å²) in [4.78, 5) is 0. The summed E-state index contributed by atoms with van der Waals surface area (Å²) in [6, 6.07) is 0. The van der Waals surface area contributed by atoms with Crippen LogP contribution in [0.2, 0.25) is 0 Å². The quantitative estimate of drug-likeness (QED) is 0.501. The van der Waals surface area contributed by atoms with Crippen LogP contribution in [-0.2, 0) is 0 Å². The van der Waals surface area contributed by atoms with Crippen molar-refractivity contribution in [1.29, 1.82) is 0 Å². The first-order valence-corrected chi connectivity index (χ1v) is 3.64. The highest BCUT2D eigenvalue weighted by molar-refractivity contribution is 6.49. The van der Waals surface area contributed by atoms with Crippen molar-refractivity contribution in [3.05, 3.63) is 0 Å². The Bertz CT molecular complexity index is 162. The topological polar surface area (TPSA) is 0 Å². The number of hydrogen-bond acceptors (Lipinski definition) is 0. The minimum atomic E-state index is -5.34. The molecule has 0 bridgehead atoms. The third-order valence-corrected chi connectivity index (χ3v) is 2.24. The highest BCUT2D eigenvalue weighted by Crippen LogP contribution is 2.51. The fourth-order valence-electron chi connectivity index (χ4n) is 0.429. The normalized spacial score (nSPS) is 15.0. The van der Waals surface area contributed by atoms with Gasteiger partial charge in [0.25, 0.3) is 10.3 Å². The molecular weight excluding hydrogens is 226 g/mol. The lowest BCUT2D eigenvalue weighted by molar-refractivity contribution is -0.197. The number of hydrogen-bond donors (Lipinski definition) is 0. The molecule has 0 aromatic rings. The maximum atomic E-state index is 12.4. The van der Waals surface area contributed by atoms with Crippen molar-refractivity contribution in [2.45, 2.75) is 29.8 Å². The van der Waals surface area contributed by atoms with E-state index >= 15 is 0 Å². The van der Waals surface area contributed by atoms with Crippen LogP contribution in [0.1, 0.15) is 13.3 Å². The third-order valence-electron chi connectivity index (χ3n) is 1.26. The molecule has 0 heterocycles. The van der Waals surface area contributed by atoms with E-state index in [4.69, 9.17) is 0 Å². The Kier molecular flexibility index (Phi) is 3.24. The van der Waals surface area contributed by atoms with Crippen molar-refractivity contribution in [2.75, 3.05) is 0 Å². The van der Waals surface area contributed by atoms with E-state index in [1.165, 1.54) is 0 Å². The molecule has 0 spiro atoms. The number of rotatable bonds is 2. The van der Waals surface area contributed by atoms with Gasteiger partial charge in [0.05, 0.1) is 0 Å². The Hall–Kier alpha value is 0.230. The van der Waals surface area contributed by atoms with E-state index in [1.807, 2.05) is 0 Å². The molecule has 0 fully saturated rings. The van der Waals surface area contributed by atoms with E-state index in [0.29, 0.717) is 0 Å². The van der Waals surface area contributed by atoms with E-state index in [1.54, 1.807) is 0 Å². The standard InChI is InChI=1S/C5H5Cl2F5/c1-2-3(8,9)4(6,7)5(10,11)12/h2H2,1H3. The van der Waals surface area contributed by atoms with Gasteiger partial charge in [0.15, 0.2) is 0 Å². The Morgan fingerprint density at radius 3 is 1.42 bits per heavy atom. The Morgan fingerprint density at radius 2 is 1.33 bits per heavy atom. The van der Waals surface area contributed by atoms with E-state index < -0.39 is 22.9 Å².